The Kier molecular flexibility index (Phi) is 5.89. The van der Waals surface area contributed by atoms with E-state index < -0.39 is 0 Å². The van der Waals surface area contributed by atoms with Crippen LogP contribution in [0.25, 0.3) is 0 Å². The molecule has 0 saturated heterocycles. The van der Waals surface area contributed by atoms with Crippen LogP contribution in [0.2, 0.25) is 0 Å². The van der Waals surface area contributed by atoms with Crippen molar-refractivity contribution in [1.82, 2.24) is 0 Å². The van der Waals surface area contributed by atoms with E-state index in [0.717, 1.165) is 0 Å². The molecule has 0 unspecified atom stereocenters. The summed E-state index contributed by atoms with van der Waals surface area (Å²) in [4.78, 5) is 10.5. The maximum atomic E-state index is 10.5. The van der Waals surface area contributed by atoms with E-state index in [4.69, 9.17) is 16.9 Å². The van der Waals surface area contributed by atoms with Gasteiger partial charge in [-0.25, -0.2) is 0 Å². The van der Waals surface area contributed by atoms with Gasteiger partial charge in [0.1, 0.15) is 6.61 Å². The van der Waals surface area contributed by atoms with Crippen LogP contribution in [0, 0.1) is 11.3 Å². The second-order valence-electron chi connectivity index (χ2n) is 1.57. The third kappa shape index (κ3) is 5.39. The average Bonchev–Trinajstić information content (AvgIpc) is 1.97. The molecule has 0 amide bonds. The van der Waals surface area contributed by atoms with Crippen molar-refractivity contribution in [2.45, 2.75) is 12.8 Å². The van der Waals surface area contributed by atoms with Gasteiger partial charge in [-0.05, 0) is 0 Å². The molecular weight excluding hydrogens is 154 g/mol. The maximum Gasteiger partial charge on any atom is 0.306 e. The number of ether oxygens (including phenoxy) is 1. The standard InChI is InChI=1S/C6H8ClNO2/c7-3-5-10-6(9)2-1-4-8/h1-3,5H2. The lowest BCUT2D eigenvalue weighted by Crippen LogP contribution is -2.05. The number of hydrogen-bond donors (Lipinski definition) is 0. The lowest BCUT2D eigenvalue weighted by molar-refractivity contribution is -0.142. The van der Waals surface area contributed by atoms with Crippen molar-refractivity contribution in [3.05, 3.63) is 0 Å². The van der Waals surface area contributed by atoms with Crippen molar-refractivity contribution in [1.29, 1.82) is 5.26 Å². The number of halogens is 1. The fraction of sp³-hybridized carbons (Fsp3) is 0.667. The van der Waals surface area contributed by atoms with Crippen molar-refractivity contribution in [3.8, 4) is 6.07 Å². The zero-order chi connectivity index (χ0) is 7.82. The highest BCUT2D eigenvalue weighted by Crippen LogP contribution is 1.90. The summed E-state index contributed by atoms with van der Waals surface area (Å²) in [6.07, 6.45) is 0.370. The van der Waals surface area contributed by atoms with Gasteiger partial charge < -0.3 is 4.74 Å². The van der Waals surface area contributed by atoms with Crippen LogP contribution in [0.4, 0.5) is 0 Å². The minimum absolute atomic E-state index is 0.160. The highest BCUT2D eigenvalue weighted by molar-refractivity contribution is 6.18. The Morgan fingerprint density at radius 3 is 2.90 bits per heavy atom. The quantitative estimate of drug-likeness (QED) is 0.458. The molecule has 0 rings (SSSR count). The predicted molar refractivity (Wildman–Crippen MR) is 36.5 cm³/mol. The minimum atomic E-state index is -0.359. The number of carbonyl (C=O) groups excluding carboxylic acids is 1. The van der Waals surface area contributed by atoms with Crippen molar-refractivity contribution in [2.24, 2.45) is 0 Å². The van der Waals surface area contributed by atoms with Gasteiger partial charge in [-0.2, -0.15) is 5.26 Å². The molecule has 0 aliphatic carbocycles. The van der Waals surface area contributed by atoms with Crippen LogP contribution < -0.4 is 0 Å². The average molecular weight is 162 g/mol. The van der Waals surface area contributed by atoms with E-state index in [0.29, 0.717) is 5.88 Å². The summed E-state index contributed by atoms with van der Waals surface area (Å²) in [6, 6.07) is 1.84. The van der Waals surface area contributed by atoms with Gasteiger partial charge in [-0.3, -0.25) is 4.79 Å². The molecule has 0 saturated carbocycles. The number of nitriles is 1. The highest BCUT2D eigenvalue weighted by Gasteiger charge is 1.99. The normalized spacial score (nSPS) is 8.40. The molecule has 0 aromatic rings. The molecule has 0 bridgehead atoms. The molecular formula is C6H8ClNO2. The van der Waals surface area contributed by atoms with Crippen molar-refractivity contribution in [3.63, 3.8) is 0 Å². The lowest BCUT2D eigenvalue weighted by atomic mass is 10.3. The van der Waals surface area contributed by atoms with E-state index in [-0.39, 0.29) is 25.4 Å². The van der Waals surface area contributed by atoms with E-state index in [1.807, 2.05) is 6.07 Å². The molecule has 0 aromatic heterocycles. The molecule has 0 atom stereocenters. The molecule has 0 aliphatic heterocycles. The van der Waals surface area contributed by atoms with Gasteiger partial charge in [-0.15, -0.1) is 11.6 Å². The van der Waals surface area contributed by atoms with E-state index in [1.165, 1.54) is 0 Å². The Morgan fingerprint density at radius 1 is 1.70 bits per heavy atom. The maximum absolute atomic E-state index is 10.5. The van der Waals surface area contributed by atoms with E-state index in [9.17, 15) is 4.79 Å². The van der Waals surface area contributed by atoms with Crippen LogP contribution in [0.1, 0.15) is 12.8 Å². The summed E-state index contributed by atoms with van der Waals surface area (Å²) < 4.78 is 4.57. The van der Waals surface area contributed by atoms with Crippen LogP contribution >= 0.6 is 11.6 Å². The lowest BCUT2D eigenvalue weighted by Gasteiger charge is -1.97. The largest absolute Gasteiger partial charge is 0.464 e. The van der Waals surface area contributed by atoms with Crippen molar-refractivity contribution < 1.29 is 9.53 Å². The van der Waals surface area contributed by atoms with E-state index in [2.05, 4.69) is 4.74 Å². The third-order valence-corrected chi connectivity index (χ3v) is 0.935. The summed E-state index contributed by atoms with van der Waals surface area (Å²) in [6.45, 7) is 0.228. The van der Waals surface area contributed by atoms with Gasteiger partial charge in [0.2, 0.25) is 0 Å². The second kappa shape index (κ2) is 6.37. The van der Waals surface area contributed by atoms with Crippen LogP contribution in [-0.2, 0) is 9.53 Å². The Morgan fingerprint density at radius 2 is 2.40 bits per heavy atom. The predicted octanol–water partition coefficient (Wildman–Crippen LogP) is 1.07. The summed E-state index contributed by atoms with van der Waals surface area (Å²) in [5.74, 6) is -0.0552. The first-order valence-electron chi connectivity index (χ1n) is 2.89. The van der Waals surface area contributed by atoms with Crippen LogP contribution in [0.5, 0.6) is 0 Å². The van der Waals surface area contributed by atoms with Gasteiger partial charge >= 0.3 is 5.97 Å². The van der Waals surface area contributed by atoms with Gasteiger partial charge in [0.15, 0.2) is 0 Å². The first-order valence-corrected chi connectivity index (χ1v) is 3.43. The Bertz CT molecular complexity index is 141. The molecule has 0 radical (unpaired) electrons. The SMILES string of the molecule is N#CCCC(=O)OCCCl. The number of alkyl halides is 1. The molecule has 10 heavy (non-hydrogen) atoms. The molecule has 0 N–H and O–H groups in total. The highest BCUT2D eigenvalue weighted by atomic mass is 35.5. The molecule has 0 fully saturated rings. The van der Waals surface area contributed by atoms with Crippen molar-refractivity contribution >= 4 is 17.6 Å². The summed E-state index contributed by atoms with van der Waals surface area (Å²) in [5.41, 5.74) is 0. The number of carbonyl (C=O) groups is 1. The Balaban J connectivity index is 3.19. The van der Waals surface area contributed by atoms with Crippen LogP contribution in [0.3, 0.4) is 0 Å². The molecule has 0 aliphatic rings. The molecule has 0 spiro atoms. The van der Waals surface area contributed by atoms with Gasteiger partial charge in [-0.1, -0.05) is 0 Å². The summed E-state index contributed by atoms with van der Waals surface area (Å²) in [5, 5.41) is 8.06. The Hall–Kier alpha value is -0.750. The topological polar surface area (TPSA) is 50.1 Å². The zero-order valence-electron chi connectivity index (χ0n) is 5.47. The van der Waals surface area contributed by atoms with Crippen LogP contribution in [0.15, 0.2) is 0 Å². The number of esters is 1. The first-order chi connectivity index (χ1) is 4.81. The van der Waals surface area contributed by atoms with Gasteiger partial charge in [0.05, 0.1) is 18.4 Å². The minimum Gasteiger partial charge on any atom is -0.464 e. The first kappa shape index (κ1) is 9.25. The third-order valence-electron chi connectivity index (χ3n) is 0.781. The van der Waals surface area contributed by atoms with Gasteiger partial charge in [0, 0.05) is 6.42 Å². The molecule has 56 valence electrons. The zero-order valence-corrected chi connectivity index (χ0v) is 6.23. The number of nitrogens with zero attached hydrogens (tertiary/aromatic N) is 1. The molecule has 3 nitrogen and oxygen atoms in total. The van der Waals surface area contributed by atoms with E-state index >= 15 is 0 Å². The fourth-order valence-electron chi connectivity index (χ4n) is 0.383. The number of rotatable bonds is 4. The smallest absolute Gasteiger partial charge is 0.306 e. The second-order valence-corrected chi connectivity index (χ2v) is 1.95. The molecule has 0 heterocycles. The summed E-state index contributed by atoms with van der Waals surface area (Å²) >= 11 is 5.24. The summed E-state index contributed by atoms with van der Waals surface area (Å²) in [7, 11) is 0. The van der Waals surface area contributed by atoms with Crippen molar-refractivity contribution in [2.75, 3.05) is 12.5 Å². The van der Waals surface area contributed by atoms with Gasteiger partial charge in [0.25, 0.3) is 0 Å². The Labute approximate surface area is 64.5 Å². The number of hydrogen-bond acceptors (Lipinski definition) is 3. The monoisotopic (exact) mass is 161 g/mol. The van der Waals surface area contributed by atoms with Crippen LogP contribution in [-0.4, -0.2) is 18.5 Å². The van der Waals surface area contributed by atoms with E-state index in [1.54, 1.807) is 0 Å². The molecule has 4 heteroatoms. The fourth-order valence-corrected chi connectivity index (χ4v) is 0.460. The molecule has 0 aromatic carbocycles.